The van der Waals surface area contributed by atoms with Crippen LogP contribution in [-0.2, 0) is 9.53 Å². The SMILES string of the molecule is CCOC(=O)c1ccc(-c2ccc(/C=N\NC(=O)COc3ccc(C4SCCS4)cc3)o2)cc1. The topological polar surface area (TPSA) is 90.1 Å². The van der Waals surface area contributed by atoms with Crippen LogP contribution in [0.2, 0.25) is 0 Å². The monoisotopic (exact) mass is 496 g/mol. The van der Waals surface area contributed by atoms with Gasteiger partial charge in [-0.25, -0.2) is 10.2 Å². The van der Waals surface area contributed by atoms with Crippen molar-refractivity contribution in [3.05, 3.63) is 77.6 Å². The summed E-state index contributed by atoms with van der Waals surface area (Å²) in [5.74, 6) is 3.35. The summed E-state index contributed by atoms with van der Waals surface area (Å²) in [6, 6.07) is 18.3. The Bertz CT molecular complexity index is 1140. The molecule has 0 atom stereocenters. The van der Waals surface area contributed by atoms with Gasteiger partial charge in [-0.05, 0) is 48.9 Å². The molecule has 34 heavy (non-hydrogen) atoms. The summed E-state index contributed by atoms with van der Waals surface area (Å²) in [6.45, 7) is 1.96. The second kappa shape index (κ2) is 11.8. The first-order valence-corrected chi connectivity index (χ1v) is 12.9. The Morgan fingerprint density at radius 2 is 1.79 bits per heavy atom. The van der Waals surface area contributed by atoms with Gasteiger partial charge >= 0.3 is 5.97 Å². The molecule has 1 saturated heterocycles. The Labute approximate surface area is 206 Å². The van der Waals surface area contributed by atoms with E-state index in [1.54, 1.807) is 43.3 Å². The number of esters is 1. The predicted octanol–water partition coefficient (Wildman–Crippen LogP) is 5.13. The van der Waals surface area contributed by atoms with Gasteiger partial charge in [0.2, 0.25) is 0 Å². The summed E-state index contributed by atoms with van der Waals surface area (Å²) < 4.78 is 16.7. The summed E-state index contributed by atoms with van der Waals surface area (Å²) in [7, 11) is 0. The van der Waals surface area contributed by atoms with Crippen LogP contribution in [0.3, 0.4) is 0 Å². The predicted molar refractivity (Wildman–Crippen MR) is 135 cm³/mol. The molecule has 0 aliphatic carbocycles. The molecule has 2 aromatic carbocycles. The number of amides is 1. The number of hydrogen-bond acceptors (Lipinski definition) is 8. The lowest BCUT2D eigenvalue weighted by Crippen LogP contribution is -2.24. The fraction of sp³-hybridized carbons (Fsp3) is 0.240. The van der Waals surface area contributed by atoms with Crippen molar-refractivity contribution in [2.75, 3.05) is 24.7 Å². The molecule has 1 aliphatic heterocycles. The van der Waals surface area contributed by atoms with Crippen LogP contribution < -0.4 is 10.2 Å². The van der Waals surface area contributed by atoms with Crippen molar-refractivity contribution in [2.24, 2.45) is 5.10 Å². The molecule has 3 aromatic rings. The highest BCUT2D eigenvalue weighted by Crippen LogP contribution is 2.45. The van der Waals surface area contributed by atoms with Crippen molar-refractivity contribution in [3.8, 4) is 17.1 Å². The zero-order valence-electron chi connectivity index (χ0n) is 18.6. The van der Waals surface area contributed by atoms with Gasteiger partial charge in [-0.1, -0.05) is 24.3 Å². The number of furan rings is 1. The maximum absolute atomic E-state index is 12.0. The van der Waals surface area contributed by atoms with Gasteiger partial charge in [0.25, 0.3) is 5.91 Å². The Hall–Kier alpha value is -3.17. The van der Waals surface area contributed by atoms with Gasteiger partial charge in [0, 0.05) is 17.1 Å². The van der Waals surface area contributed by atoms with E-state index in [1.807, 2.05) is 47.8 Å². The molecule has 7 nitrogen and oxygen atoms in total. The van der Waals surface area contributed by atoms with Crippen molar-refractivity contribution >= 4 is 41.6 Å². The molecule has 9 heteroatoms. The van der Waals surface area contributed by atoms with Gasteiger partial charge in [-0.3, -0.25) is 4.79 Å². The molecule has 176 valence electrons. The van der Waals surface area contributed by atoms with Crippen molar-refractivity contribution in [2.45, 2.75) is 11.5 Å². The van der Waals surface area contributed by atoms with E-state index >= 15 is 0 Å². The molecular weight excluding hydrogens is 472 g/mol. The molecule has 4 rings (SSSR count). The number of hydrogen-bond donors (Lipinski definition) is 1. The molecule has 1 aromatic heterocycles. The number of carbonyl (C=O) groups is 2. The number of nitrogens with zero attached hydrogens (tertiary/aromatic N) is 1. The fourth-order valence-corrected chi connectivity index (χ4v) is 6.04. The van der Waals surface area contributed by atoms with Crippen LogP contribution in [0.4, 0.5) is 0 Å². The Kier molecular flexibility index (Phi) is 8.32. The zero-order chi connectivity index (χ0) is 23.8. The van der Waals surface area contributed by atoms with Crippen LogP contribution in [0.25, 0.3) is 11.3 Å². The van der Waals surface area contributed by atoms with Gasteiger partial charge in [0.15, 0.2) is 6.61 Å². The van der Waals surface area contributed by atoms with Crippen LogP contribution in [0.1, 0.15) is 33.2 Å². The maximum Gasteiger partial charge on any atom is 0.338 e. The largest absolute Gasteiger partial charge is 0.484 e. The van der Waals surface area contributed by atoms with E-state index in [4.69, 9.17) is 13.9 Å². The summed E-state index contributed by atoms with van der Waals surface area (Å²) in [6.07, 6.45) is 1.42. The third-order valence-electron chi connectivity index (χ3n) is 4.83. The van der Waals surface area contributed by atoms with E-state index in [2.05, 4.69) is 10.5 Å². The van der Waals surface area contributed by atoms with Gasteiger partial charge in [-0.15, -0.1) is 23.5 Å². The summed E-state index contributed by atoms with van der Waals surface area (Å²) in [4.78, 5) is 23.8. The van der Waals surface area contributed by atoms with Crippen LogP contribution >= 0.6 is 23.5 Å². The summed E-state index contributed by atoms with van der Waals surface area (Å²) in [5.41, 5.74) is 4.98. The van der Waals surface area contributed by atoms with Crippen molar-refractivity contribution in [1.29, 1.82) is 0 Å². The van der Waals surface area contributed by atoms with Gasteiger partial charge < -0.3 is 13.9 Å². The molecule has 1 N–H and O–H groups in total. The highest BCUT2D eigenvalue weighted by molar-refractivity contribution is 8.19. The van der Waals surface area contributed by atoms with Crippen molar-refractivity contribution in [1.82, 2.24) is 5.43 Å². The first-order chi connectivity index (χ1) is 16.6. The smallest absolute Gasteiger partial charge is 0.338 e. The van der Waals surface area contributed by atoms with Gasteiger partial charge in [-0.2, -0.15) is 5.10 Å². The van der Waals surface area contributed by atoms with Crippen molar-refractivity contribution in [3.63, 3.8) is 0 Å². The van der Waals surface area contributed by atoms with E-state index < -0.39 is 0 Å². The van der Waals surface area contributed by atoms with E-state index in [9.17, 15) is 9.59 Å². The average molecular weight is 497 g/mol. The Morgan fingerprint density at radius 3 is 2.50 bits per heavy atom. The average Bonchev–Trinajstić information content (AvgIpc) is 3.56. The molecule has 2 heterocycles. The van der Waals surface area contributed by atoms with Crippen LogP contribution in [0, 0.1) is 0 Å². The molecule has 0 saturated carbocycles. The molecular formula is C25H24N2O5S2. The number of benzene rings is 2. The second-order valence-electron chi connectivity index (χ2n) is 7.22. The lowest BCUT2D eigenvalue weighted by Gasteiger charge is -2.09. The first kappa shape index (κ1) is 24.0. The minimum atomic E-state index is -0.372. The Balaban J connectivity index is 1.23. The normalized spacial score (nSPS) is 13.8. The van der Waals surface area contributed by atoms with Gasteiger partial charge in [0.05, 0.1) is 23.0 Å². The summed E-state index contributed by atoms with van der Waals surface area (Å²) >= 11 is 3.90. The third kappa shape index (κ3) is 6.45. The lowest BCUT2D eigenvalue weighted by atomic mass is 10.1. The Morgan fingerprint density at radius 1 is 1.06 bits per heavy atom. The molecule has 1 fully saturated rings. The lowest BCUT2D eigenvalue weighted by molar-refractivity contribution is -0.123. The quantitative estimate of drug-likeness (QED) is 0.249. The number of nitrogens with one attached hydrogen (secondary N) is 1. The second-order valence-corrected chi connectivity index (χ2v) is 9.95. The van der Waals surface area contributed by atoms with Crippen LogP contribution in [0.5, 0.6) is 5.75 Å². The summed E-state index contributed by atoms with van der Waals surface area (Å²) in [5, 5.41) is 3.92. The molecule has 0 radical (unpaired) electrons. The zero-order valence-corrected chi connectivity index (χ0v) is 20.2. The number of ether oxygens (including phenoxy) is 2. The molecule has 0 unspecified atom stereocenters. The van der Waals surface area contributed by atoms with Gasteiger partial charge in [0.1, 0.15) is 17.3 Å². The fourth-order valence-electron chi connectivity index (χ4n) is 3.18. The van der Waals surface area contributed by atoms with E-state index in [0.29, 0.717) is 34.0 Å². The highest BCUT2D eigenvalue weighted by atomic mass is 32.2. The molecule has 1 aliphatic rings. The number of rotatable bonds is 9. The van der Waals surface area contributed by atoms with E-state index in [1.165, 1.54) is 23.3 Å². The molecule has 0 spiro atoms. The van der Waals surface area contributed by atoms with E-state index in [0.717, 1.165) is 5.56 Å². The minimum Gasteiger partial charge on any atom is -0.484 e. The van der Waals surface area contributed by atoms with E-state index in [-0.39, 0.29) is 18.5 Å². The highest BCUT2D eigenvalue weighted by Gasteiger charge is 2.18. The standard InChI is InChI=1S/C25H24N2O5S2/c1-2-30-24(29)18-5-3-17(4-6-18)22-12-11-21(32-22)15-26-27-23(28)16-31-20-9-7-19(8-10-20)25-33-13-14-34-25/h3-12,15,25H,2,13-14,16H2,1H3,(H,27,28)/b26-15-. The van der Waals surface area contributed by atoms with Crippen LogP contribution in [-0.4, -0.2) is 42.8 Å². The third-order valence-corrected chi connectivity index (χ3v) is 7.94. The van der Waals surface area contributed by atoms with Crippen LogP contribution in [0.15, 0.2) is 70.2 Å². The van der Waals surface area contributed by atoms with Crippen molar-refractivity contribution < 1.29 is 23.5 Å². The molecule has 1 amide bonds. The maximum atomic E-state index is 12.0. The molecule has 0 bridgehead atoms. The number of thioether (sulfide) groups is 2. The number of carbonyl (C=O) groups excluding carboxylic acids is 2. The first-order valence-electron chi connectivity index (χ1n) is 10.8. The minimum absolute atomic E-state index is 0.139. The number of hydrazone groups is 1.